The van der Waals surface area contributed by atoms with Crippen molar-refractivity contribution in [2.24, 2.45) is 16.7 Å². The molecule has 3 aliphatic carbocycles. The van der Waals surface area contributed by atoms with Crippen molar-refractivity contribution >= 4 is 29.8 Å². The molecule has 5 N–H and O–H groups in total. The van der Waals surface area contributed by atoms with Crippen LogP contribution in [0.2, 0.25) is 0 Å². The van der Waals surface area contributed by atoms with E-state index in [2.05, 4.69) is 10.6 Å². The first kappa shape index (κ1) is 47.5. The topological polar surface area (TPSA) is 216 Å². The van der Waals surface area contributed by atoms with E-state index in [9.17, 15) is 39.3 Å². The van der Waals surface area contributed by atoms with Crippen molar-refractivity contribution in [3.63, 3.8) is 0 Å². The molecule has 1 amide bonds. The van der Waals surface area contributed by atoms with Crippen molar-refractivity contribution in [3.05, 3.63) is 119 Å². The fourth-order valence-corrected chi connectivity index (χ4v) is 11.1. The summed E-state index contributed by atoms with van der Waals surface area (Å²) in [6, 6.07) is 22.9. The molecule has 3 aromatic rings. The summed E-state index contributed by atoms with van der Waals surface area (Å²) in [5, 5.41) is 45.4. The zero-order valence-electron chi connectivity index (χ0n) is 37.8. The Morgan fingerprint density at radius 3 is 2.00 bits per heavy atom. The lowest BCUT2D eigenvalue weighted by Gasteiger charge is -2.69. The zero-order chi connectivity index (χ0) is 47.1. The van der Waals surface area contributed by atoms with Gasteiger partial charge in [0, 0.05) is 42.7 Å². The third-order valence-electron chi connectivity index (χ3n) is 14.4. The highest BCUT2D eigenvalue weighted by molar-refractivity contribution is 5.95. The Morgan fingerprint density at radius 1 is 0.846 bits per heavy atom. The first-order valence-corrected chi connectivity index (χ1v) is 22.2. The monoisotopic (exact) mass is 896 g/mol. The predicted octanol–water partition coefficient (Wildman–Crippen LogP) is 4.53. The van der Waals surface area contributed by atoms with E-state index in [1.807, 2.05) is 6.92 Å². The van der Waals surface area contributed by atoms with Crippen LogP contribution in [0.5, 0.6) is 0 Å². The van der Waals surface area contributed by atoms with Gasteiger partial charge in [-0.2, -0.15) is 0 Å². The second kappa shape index (κ2) is 18.4. The molecule has 2 saturated carbocycles. The van der Waals surface area contributed by atoms with Gasteiger partial charge in [-0.05, 0) is 67.3 Å². The van der Waals surface area contributed by atoms with Crippen LogP contribution in [0.3, 0.4) is 0 Å². The number of aliphatic hydroxyl groups is 3. The second-order valence-electron chi connectivity index (χ2n) is 18.5. The van der Waals surface area contributed by atoms with Crippen molar-refractivity contribution in [1.82, 2.24) is 10.6 Å². The molecule has 2 bridgehead atoms. The van der Waals surface area contributed by atoms with Crippen LogP contribution in [0.15, 0.2) is 102 Å². The second-order valence-corrected chi connectivity index (χ2v) is 18.5. The van der Waals surface area contributed by atoms with Gasteiger partial charge < -0.3 is 49.6 Å². The average molecular weight is 897 g/mol. The van der Waals surface area contributed by atoms with Gasteiger partial charge >= 0.3 is 23.9 Å². The van der Waals surface area contributed by atoms with E-state index in [-0.39, 0.29) is 29.7 Å². The number of fused-ring (bicyclic) bond motifs is 5. The Balaban J connectivity index is 1.41. The van der Waals surface area contributed by atoms with E-state index >= 15 is 0 Å². The molecular formula is C50H60N2O13. The number of hydrogen-bond acceptors (Lipinski definition) is 14. The van der Waals surface area contributed by atoms with E-state index in [1.54, 1.807) is 119 Å². The summed E-state index contributed by atoms with van der Waals surface area (Å²) >= 11 is 0. The zero-order valence-corrected chi connectivity index (χ0v) is 37.8. The fourth-order valence-electron chi connectivity index (χ4n) is 11.1. The number of carbonyl (C=O) groups is 5. The first-order chi connectivity index (χ1) is 30.8. The fraction of sp³-hybridized carbons (Fsp3) is 0.500. The number of ether oxygens (including phenoxy) is 5. The van der Waals surface area contributed by atoms with Gasteiger partial charge in [-0.25, -0.2) is 9.59 Å². The molecule has 3 aromatic carbocycles. The van der Waals surface area contributed by atoms with Crippen molar-refractivity contribution in [2.75, 3.05) is 13.2 Å². The number of aliphatic hydroxyl groups excluding tert-OH is 2. The summed E-state index contributed by atoms with van der Waals surface area (Å²) in [7, 11) is 0. The maximum absolute atomic E-state index is 14.5. The summed E-state index contributed by atoms with van der Waals surface area (Å²) in [6.07, 6.45) is -8.50. The standard InChI is InChI=1S/C50H60N2O13/c1-8-24-51-35-25-36-49(27-61-36,65-30(4)54)41-43(64-45(58)33-22-16-11-17-23-33)50(60)26-34(28(2)37(47(50,5)6)40(62-29(3)53)42(56)48(35,41)7)63-46(59)39(55)38(31-18-12-9-13-19-31)52-44(57)32-20-14-10-15-21-32/h9-23,34-36,38-43,51,55-56,60H,8,24-27H2,1-7H3,(H,52,57)/t34-,35-,36+,38-,39+,40+,41-,42-,43-,48+,49-,50+/m0/s1. The molecule has 1 aliphatic heterocycles. The molecule has 3 fully saturated rings. The molecular weight excluding hydrogens is 837 g/mol. The molecule has 0 unspecified atom stereocenters. The van der Waals surface area contributed by atoms with Crippen molar-refractivity contribution in [2.45, 2.75) is 128 Å². The molecule has 7 rings (SSSR count). The highest BCUT2D eigenvalue weighted by atomic mass is 16.6. The van der Waals surface area contributed by atoms with Crippen molar-refractivity contribution in [1.29, 1.82) is 0 Å². The number of hydrogen-bond donors (Lipinski definition) is 5. The Labute approximate surface area is 378 Å². The molecule has 348 valence electrons. The summed E-state index contributed by atoms with van der Waals surface area (Å²) in [6.45, 7) is 11.4. The number of rotatable bonds is 13. The molecule has 1 saturated heterocycles. The number of benzene rings is 3. The smallest absolute Gasteiger partial charge is 0.338 e. The van der Waals surface area contributed by atoms with Crippen LogP contribution in [0, 0.1) is 16.7 Å². The summed E-state index contributed by atoms with van der Waals surface area (Å²) in [5.41, 5.74) is -5.60. The Morgan fingerprint density at radius 2 is 1.45 bits per heavy atom. The summed E-state index contributed by atoms with van der Waals surface area (Å²) in [5.74, 6) is -5.27. The van der Waals surface area contributed by atoms with Crippen molar-refractivity contribution in [3.8, 4) is 0 Å². The van der Waals surface area contributed by atoms with Gasteiger partial charge in [-0.3, -0.25) is 14.4 Å². The average Bonchev–Trinajstić information content (AvgIpc) is 3.27. The molecule has 4 aliphatic rings. The molecule has 12 atom stereocenters. The molecule has 65 heavy (non-hydrogen) atoms. The van der Waals surface area contributed by atoms with E-state index < -0.39 is 113 Å². The normalized spacial score (nSPS) is 32.1. The van der Waals surface area contributed by atoms with Gasteiger partial charge in [-0.1, -0.05) is 94.4 Å². The highest BCUT2D eigenvalue weighted by Crippen LogP contribution is 2.65. The molecule has 0 spiro atoms. The number of carbonyl (C=O) groups excluding carboxylic acids is 5. The van der Waals surface area contributed by atoms with Gasteiger partial charge in [0.15, 0.2) is 17.8 Å². The van der Waals surface area contributed by atoms with Crippen LogP contribution < -0.4 is 10.6 Å². The SMILES string of the molecule is CCCN[C@H]1C[C@H]2OC[C@@]2(OC(C)=O)[C@H]2[C@H](OC(=O)c3ccccc3)[C@]3(O)C[C@H](OC(=O)[C@H](O)[C@@H](NC(=O)c4ccccc4)c4ccccc4)C(C)=C([C@@H](OC(C)=O)[C@H](O)[C@]12C)C3(C)C. The lowest BCUT2D eigenvalue weighted by Crippen LogP contribution is -2.83. The number of nitrogens with one attached hydrogen (secondary N) is 2. The van der Waals surface area contributed by atoms with Gasteiger partial charge in [0.05, 0.1) is 24.1 Å². The molecule has 15 heteroatoms. The summed E-state index contributed by atoms with van der Waals surface area (Å²) < 4.78 is 31.4. The van der Waals surface area contributed by atoms with Gasteiger partial charge in [0.1, 0.15) is 30.0 Å². The number of amides is 1. The third-order valence-corrected chi connectivity index (χ3v) is 14.4. The van der Waals surface area contributed by atoms with Gasteiger partial charge in [0.2, 0.25) is 0 Å². The number of esters is 4. The molecule has 15 nitrogen and oxygen atoms in total. The quantitative estimate of drug-likeness (QED) is 0.0906. The largest absolute Gasteiger partial charge is 0.456 e. The van der Waals surface area contributed by atoms with Crippen LogP contribution in [-0.4, -0.2) is 112 Å². The minimum Gasteiger partial charge on any atom is -0.456 e. The third kappa shape index (κ3) is 8.37. The van der Waals surface area contributed by atoms with Crippen LogP contribution in [0.4, 0.5) is 0 Å². The van der Waals surface area contributed by atoms with E-state index in [1.165, 1.54) is 13.8 Å². The van der Waals surface area contributed by atoms with Crippen molar-refractivity contribution < 1.29 is 63.0 Å². The maximum Gasteiger partial charge on any atom is 0.338 e. The van der Waals surface area contributed by atoms with Crippen LogP contribution in [-0.2, 0) is 38.1 Å². The summed E-state index contributed by atoms with van der Waals surface area (Å²) in [4.78, 5) is 68.9. The Kier molecular flexibility index (Phi) is 13.5. The Hall–Kier alpha value is -5.45. The molecule has 0 radical (unpaired) electrons. The van der Waals surface area contributed by atoms with Gasteiger partial charge in [0.25, 0.3) is 5.91 Å². The van der Waals surface area contributed by atoms with Crippen LogP contribution >= 0.6 is 0 Å². The first-order valence-electron chi connectivity index (χ1n) is 22.2. The minimum atomic E-state index is -2.27. The lowest BCUT2D eigenvalue weighted by molar-refractivity contribution is -0.353. The van der Waals surface area contributed by atoms with E-state index in [0.29, 0.717) is 24.1 Å². The van der Waals surface area contributed by atoms with Crippen LogP contribution in [0.1, 0.15) is 100 Å². The highest BCUT2D eigenvalue weighted by Gasteiger charge is 2.78. The Bertz CT molecular complexity index is 2290. The minimum absolute atomic E-state index is 0.147. The van der Waals surface area contributed by atoms with E-state index in [4.69, 9.17) is 23.7 Å². The lowest BCUT2D eigenvalue weighted by atomic mass is 9.43. The maximum atomic E-state index is 14.5. The van der Waals surface area contributed by atoms with Crippen LogP contribution in [0.25, 0.3) is 0 Å². The molecule has 0 aromatic heterocycles. The van der Waals surface area contributed by atoms with Gasteiger partial charge in [-0.15, -0.1) is 0 Å². The predicted molar refractivity (Wildman–Crippen MR) is 235 cm³/mol. The molecule has 1 heterocycles. The van der Waals surface area contributed by atoms with E-state index in [0.717, 1.165) is 0 Å².